The summed E-state index contributed by atoms with van der Waals surface area (Å²) in [6.07, 6.45) is 2.61. The lowest BCUT2D eigenvalue weighted by atomic mass is 10.1. The van der Waals surface area contributed by atoms with Crippen molar-refractivity contribution in [2.75, 3.05) is 31.1 Å². The van der Waals surface area contributed by atoms with Crippen LogP contribution in [0.5, 0.6) is 0 Å². The Kier molecular flexibility index (Phi) is 4.86. The molecule has 8 heteroatoms. The molecular formula is C23H26N6O2. The number of aryl methyl sites for hydroxylation is 2. The molecule has 0 radical (unpaired) electrons. The number of H-pyrrole nitrogens is 2. The van der Waals surface area contributed by atoms with Crippen molar-refractivity contribution in [3.05, 3.63) is 68.5 Å². The Labute approximate surface area is 179 Å². The summed E-state index contributed by atoms with van der Waals surface area (Å²) in [5.74, 6) is 0. The minimum atomic E-state index is -0.0896. The van der Waals surface area contributed by atoms with Crippen molar-refractivity contribution in [1.29, 1.82) is 0 Å². The standard InChI is InChI=1S/C23H26N6O2/c1-3-16-11-18-19(25-22(16)30)10-15(13-24-18)14-28-6-8-29(9-7-28)17-4-5-21-20(12-17)26-23(31)27(21)2/h4-5,10-13H,3,6-9,14H2,1-2H3,(H,25,30)(H,26,31). The number of hydrogen-bond donors (Lipinski definition) is 2. The summed E-state index contributed by atoms with van der Waals surface area (Å²) >= 11 is 0. The van der Waals surface area contributed by atoms with Crippen LogP contribution < -0.4 is 16.1 Å². The van der Waals surface area contributed by atoms with Crippen LogP contribution in [0.3, 0.4) is 0 Å². The Hall–Kier alpha value is -3.39. The van der Waals surface area contributed by atoms with E-state index >= 15 is 0 Å². The predicted octanol–water partition coefficient (Wildman–Crippen LogP) is 1.99. The van der Waals surface area contributed by atoms with Gasteiger partial charge in [-0.05, 0) is 42.3 Å². The number of nitrogens with one attached hydrogen (secondary N) is 2. The van der Waals surface area contributed by atoms with E-state index in [2.05, 4.69) is 36.9 Å². The Bertz CT molecular complexity index is 1370. The van der Waals surface area contributed by atoms with Gasteiger partial charge in [0.05, 0.1) is 22.1 Å². The SMILES string of the molecule is CCc1cc2ncc(CN3CCN(c4ccc5c(c4)[nH]c(=O)n5C)CC3)cc2[nH]c1=O. The maximum atomic E-state index is 12.1. The number of fused-ring (bicyclic) bond motifs is 2. The van der Waals surface area contributed by atoms with Gasteiger partial charge in [0, 0.05) is 57.2 Å². The smallest absolute Gasteiger partial charge is 0.326 e. The van der Waals surface area contributed by atoms with Gasteiger partial charge in [-0.3, -0.25) is 19.2 Å². The quantitative estimate of drug-likeness (QED) is 0.529. The van der Waals surface area contributed by atoms with E-state index in [0.717, 1.165) is 71.6 Å². The third kappa shape index (κ3) is 3.63. The molecule has 1 aromatic carbocycles. The van der Waals surface area contributed by atoms with E-state index < -0.39 is 0 Å². The minimum absolute atomic E-state index is 0.0284. The first kappa shape index (κ1) is 19.6. The van der Waals surface area contributed by atoms with Crippen molar-refractivity contribution >= 4 is 27.8 Å². The van der Waals surface area contributed by atoms with Crippen LogP contribution in [0.25, 0.3) is 22.1 Å². The second kappa shape index (κ2) is 7.70. The van der Waals surface area contributed by atoms with Crippen LogP contribution in [0.15, 0.2) is 46.1 Å². The van der Waals surface area contributed by atoms with Gasteiger partial charge in [0.2, 0.25) is 0 Å². The number of aromatic nitrogens is 4. The van der Waals surface area contributed by atoms with Gasteiger partial charge in [-0.25, -0.2) is 4.79 Å². The summed E-state index contributed by atoms with van der Waals surface area (Å²) in [4.78, 5) is 39.1. The highest BCUT2D eigenvalue weighted by atomic mass is 16.1. The summed E-state index contributed by atoms with van der Waals surface area (Å²) < 4.78 is 1.63. The highest BCUT2D eigenvalue weighted by Gasteiger charge is 2.18. The van der Waals surface area contributed by atoms with Crippen LogP contribution >= 0.6 is 0 Å². The van der Waals surface area contributed by atoms with Crippen LogP contribution in [-0.4, -0.2) is 50.6 Å². The van der Waals surface area contributed by atoms with E-state index in [1.54, 1.807) is 11.6 Å². The molecule has 1 aliphatic rings. The zero-order chi connectivity index (χ0) is 21.5. The number of benzene rings is 1. The van der Waals surface area contributed by atoms with Gasteiger partial charge < -0.3 is 14.9 Å². The molecule has 0 amide bonds. The van der Waals surface area contributed by atoms with Crippen LogP contribution in [-0.2, 0) is 20.0 Å². The van der Waals surface area contributed by atoms with Gasteiger partial charge in [0.15, 0.2) is 0 Å². The number of piperazine rings is 1. The molecule has 1 saturated heterocycles. The van der Waals surface area contributed by atoms with Crippen molar-refractivity contribution in [3.8, 4) is 0 Å². The fourth-order valence-electron chi connectivity index (χ4n) is 4.36. The first-order valence-electron chi connectivity index (χ1n) is 10.7. The van der Waals surface area contributed by atoms with Gasteiger partial charge in [0.1, 0.15) is 0 Å². The van der Waals surface area contributed by atoms with Crippen LogP contribution in [0.1, 0.15) is 18.1 Å². The molecule has 0 unspecified atom stereocenters. The number of hydrogen-bond acceptors (Lipinski definition) is 5. The number of nitrogens with zero attached hydrogens (tertiary/aromatic N) is 4. The summed E-state index contributed by atoms with van der Waals surface area (Å²) in [7, 11) is 1.78. The predicted molar refractivity (Wildman–Crippen MR) is 123 cm³/mol. The Morgan fingerprint density at radius 2 is 1.81 bits per heavy atom. The minimum Gasteiger partial charge on any atom is -0.369 e. The second-order valence-electron chi connectivity index (χ2n) is 8.21. The molecule has 2 N–H and O–H groups in total. The highest BCUT2D eigenvalue weighted by Crippen LogP contribution is 2.22. The zero-order valence-electron chi connectivity index (χ0n) is 17.8. The average molecular weight is 419 g/mol. The summed E-state index contributed by atoms with van der Waals surface area (Å²) in [6, 6.07) is 10.1. The maximum Gasteiger partial charge on any atom is 0.326 e. The van der Waals surface area contributed by atoms with Crippen LogP contribution in [0.4, 0.5) is 5.69 Å². The fourth-order valence-corrected chi connectivity index (χ4v) is 4.36. The summed E-state index contributed by atoms with van der Waals surface area (Å²) in [5, 5.41) is 0. The number of aromatic amines is 2. The molecule has 3 aromatic heterocycles. The Morgan fingerprint density at radius 3 is 2.58 bits per heavy atom. The van der Waals surface area contributed by atoms with Gasteiger partial charge in [-0.2, -0.15) is 0 Å². The van der Waals surface area contributed by atoms with Crippen molar-refractivity contribution in [3.63, 3.8) is 0 Å². The molecule has 160 valence electrons. The first-order chi connectivity index (χ1) is 15.0. The molecule has 0 spiro atoms. The summed E-state index contributed by atoms with van der Waals surface area (Å²) in [5.41, 5.74) is 6.29. The fraction of sp³-hybridized carbons (Fsp3) is 0.348. The largest absolute Gasteiger partial charge is 0.369 e. The lowest BCUT2D eigenvalue weighted by molar-refractivity contribution is 0.250. The van der Waals surface area contributed by atoms with Gasteiger partial charge in [0.25, 0.3) is 5.56 Å². The zero-order valence-corrected chi connectivity index (χ0v) is 17.8. The highest BCUT2D eigenvalue weighted by molar-refractivity contribution is 5.79. The third-order valence-corrected chi connectivity index (χ3v) is 6.24. The molecule has 0 bridgehead atoms. The molecular weight excluding hydrogens is 392 g/mol. The molecule has 0 atom stereocenters. The van der Waals surface area contributed by atoms with E-state index in [9.17, 15) is 9.59 Å². The topological polar surface area (TPSA) is 90.0 Å². The molecule has 0 saturated carbocycles. The lowest BCUT2D eigenvalue weighted by Gasteiger charge is -2.36. The number of rotatable bonds is 4. The molecule has 4 heterocycles. The van der Waals surface area contributed by atoms with Gasteiger partial charge in [-0.1, -0.05) is 6.92 Å². The molecule has 4 aromatic rings. The number of anilines is 1. The van der Waals surface area contributed by atoms with Crippen molar-refractivity contribution in [2.24, 2.45) is 7.05 Å². The van der Waals surface area contributed by atoms with Crippen LogP contribution in [0.2, 0.25) is 0 Å². The first-order valence-corrected chi connectivity index (χ1v) is 10.7. The molecule has 0 aliphatic carbocycles. The van der Waals surface area contributed by atoms with Gasteiger partial charge >= 0.3 is 5.69 Å². The third-order valence-electron chi connectivity index (χ3n) is 6.24. The summed E-state index contributed by atoms with van der Waals surface area (Å²) in [6.45, 7) is 6.49. The normalized spacial score (nSPS) is 15.2. The lowest BCUT2D eigenvalue weighted by Crippen LogP contribution is -2.46. The molecule has 5 rings (SSSR count). The van der Waals surface area contributed by atoms with E-state index in [1.807, 2.05) is 31.3 Å². The van der Waals surface area contributed by atoms with Crippen LogP contribution in [0, 0.1) is 0 Å². The van der Waals surface area contributed by atoms with Crippen molar-refractivity contribution in [2.45, 2.75) is 19.9 Å². The van der Waals surface area contributed by atoms with E-state index in [-0.39, 0.29) is 11.2 Å². The molecule has 31 heavy (non-hydrogen) atoms. The Morgan fingerprint density at radius 1 is 1.00 bits per heavy atom. The molecule has 8 nitrogen and oxygen atoms in total. The molecule has 1 aliphatic heterocycles. The van der Waals surface area contributed by atoms with E-state index in [1.165, 1.54) is 0 Å². The second-order valence-corrected chi connectivity index (χ2v) is 8.21. The maximum absolute atomic E-state index is 12.1. The van der Waals surface area contributed by atoms with E-state index in [0.29, 0.717) is 6.42 Å². The monoisotopic (exact) mass is 418 g/mol. The van der Waals surface area contributed by atoms with Gasteiger partial charge in [-0.15, -0.1) is 0 Å². The van der Waals surface area contributed by atoms with Crippen molar-refractivity contribution in [1.82, 2.24) is 24.4 Å². The van der Waals surface area contributed by atoms with Crippen molar-refractivity contribution < 1.29 is 0 Å². The van der Waals surface area contributed by atoms with E-state index in [4.69, 9.17) is 0 Å². The number of imidazole rings is 1. The average Bonchev–Trinajstić information content (AvgIpc) is 3.06. The number of pyridine rings is 2. The Balaban J connectivity index is 1.27. The molecule has 1 fully saturated rings.